The average Bonchev–Trinajstić information content (AvgIpc) is 3.23. The molecular formula is C17H24N2O2. The summed E-state index contributed by atoms with van der Waals surface area (Å²) in [5, 5.41) is 12.3. The Balaban J connectivity index is 2.06. The Labute approximate surface area is 127 Å². The van der Waals surface area contributed by atoms with E-state index in [0.717, 1.165) is 36.4 Å². The van der Waals surface area contributed by atoms with Gasteiger partial charge in [-0.3, -0.25) is 0 Å². The minimum absolute atomic E-state index is 0.0839. The predicted molar refractivity (Wildman–Crippen MR) is 82.4 cm³/mol. The molecule has 1 saturated carbocycles. The van der Waals surface area contributed by atoms with Gasteiger partial charge in [-0.05, 0) is 18.9 Å². The molecule has 1 fully saturated rings. The Morgan fingerprint density at radius 3 is 2.71 bits per heavy atom. The molecule has 4 heteroatoms. The molecule has 0 aromatic heterocycles. The number of hydrogen-bond donors (Lipinski definition) is 1. The van der Waals surface area contributed by atoms with E-state index in [1.165, 1.54) is 0 Å². The molecule has 2 rings (SSSR count). The number of nitriles is 1. The van der Waals surface area contributed by atoms with Crippen molar-refractivity contribution in [3.8, 4) is 17.6 Å². The van der Waals surface area contributed by atoms with Crippen LogP contribution in [0.3, 0.4) is 0 Å². The third-order valence-corrected chi connectivity index (χ3v) is 3.92. The summed E-state index contributed by atoms with van der Waals surface area (Å²) in [6.45, 7) is 5.62. The molecule has 1 aliphatic carbocycles. The minimum atomic E-state index is 0.0839. The van der Waals surface area contributed by atoms with Crippen LogP contribution in [0.25, 0.3) is 0 Å². The van der Waals surface area contributed by atoms with Crippen LogP contribution < -0.4 is 14.8 Å². The van der Waals surface area contributed by atoms with E-state index in [4.69, 9.17) is 14.7 Å². The highest BCUT2D eigenvalue weighted by Crippen LogP contribution is 2.48. The molecule has 0 unspecified atom stereocenters. The van der Waals surface area contributed by atoms with E-state index in [9.17, 15) is 0 Å². The lowest BCUT2D eigenvalue weighted by atomic mass is 10.1. The van der Waals surface area contributed by atoms with E-state index in [-0.39, 0.29) is 5.41 Å². The molecule has 0 bridgehead atoms. The fourth-order valence-electron chi connectivity index (χ4n) is 2.20. The fraction of sp³-hybridized carbons (Fsp3) is 0.588. The third kappa shape index (κ3) is 4.37. The first kappa shape index (κ1) is 15.7. The Kier molecular flexibility index (Phi) is 5.08. The van der Waals surface area contributed by atoms with E-state index in [1.807, 2.05) is 18.2 Å². The summed E-state index contributed by atoms with van der Waals surface area (Å²) < 4.78 is 11.3. The first-order valence-electron chi connectivity index (χ1n) is 7.49. The van der Waals surface area contributed by atoms with E-state index in [1.54, 1.807) is 7.11 Å². The molecule has 0 heterocycles. The number of methoxy groups -OCH3 is 1. The van der Waals surface area contributed by atoms with Gasteiger partial charge in [0.15, 0.2) is 0 Å². The van der Waals surface area contributed by atoms with Gasteiger partial charge in [-0.2, -0.15) is 5.26 Å². The largest absolute Gasteiger partial charge is 0.497 e. The predicted octanol–water partition coefficient (Wildman–Crippen LogP) is 3.27. The van der Waals surface area contributed by atoms with Gasteiger partial charge in [0, 0.05) is 36.1 Å². The van der Waals surface area contributed by atoms with Gasteiger partial charge in [0.05, 0.1) is 19.8 Å². The van der Waals surface area contributed by atoms with Crippen molar-refractivity contribution in [3.05, 3.63) is 23.8 Å². The van der Waals surface area contributed by atoms with Crippen molar-refractivity contribution in [1.29, 1.82) is 5.26 Å². The standard InChI is InChI=1S/C17H24N2O2/c1-13(2)19-11-14-4-5-15(20-3)10-16(14)21-12-17(6-7-17)8-9-18/h4-5,10,13,19H,6-8,11-12H2,1-3H3. The number of ether oxygens (including phenoxy) is 2. The van der Waals surface area contributed by atoms with Crippen LogP contribution in [0, 0.1) is 16.7 Å². The van der Waals surface area contributed by atoms with Crippen molar-refractivity contribution in [2.24, 2.45) is 5.41 Å². The number of hydrogen-bond acceptors (Lipinski definition) is 4. The van der Waals surface area contributed by atoms with E-state index < -0.39 is 0 Å². The zero-order valence-corrected chi connectivity index (χ0v) is 13.1. The second-order valence-electron chi connectivity index (χ2n) is 6.13. The van der Waals surface area contributed by atoms with Gasteiger partial charge >= 0.3 is 0 Å². The molecule has 0 atom stereocenters. The molecule has 0 saturated heterocycles. The van der Waals surface area contributed by atoms with Crippen LogP contribution in [0.1, 0.15) is 38.7 Å². The fourth-order valence-corrected chi connectivity index (χ4v) is 2.20. The maximum absolute atomic E-state index is 8.89. The lowest BCUT2D eigenvalue weighted by Gasteiger charge is -2.17. The SMILES string of the molecule is COc1ccc(CNC(C)C)c(OCC2(CC#N)CC2)c1. The number of benzene rings is 1. The molecule has 1 N–H and O–H groups in total. The molecule has 0 amide bonds. The summed E-state index contributed by atoms with van der Waals surface area (Å²) in [4.78, 5) is 0. The Hall–Kier alpha value is -1.73. The molecule has 1 aromatic rings. The van der Waals surface area contributed by atoms with Crippen LogP contribution in [0.4, 0.5) is 0 Å². The molecule has 4 nitrogen and oxygen atoms in total. The molecule has 1 aromatic carbocycles. The number of nitrogens with zero attached hydrogens (tertiary/aromatic N) is 1. The summed E-state index contributed by atoms with van der Waals surface area (Å²) in [5.74, 6) is 1.65. The van der Waals surface area contributed by atoms with Crippen LogP contribution in [-0.4, -0.2) is 19.8 Å². The Bertz CT molecular complexity index is 516. The second kappa shape index (κ2) is 6.82. The number of nitrogens with one attached hydrogen (secondary N) is 1. The normalized spacial score (nSPS) is 15.6. The van der Waals surface area contributed by atoms with Gasteiger partial charge < -0.3 is 14.8 Å². The highest BCUT2D eigenvalue weighted by molar-refractivity contribution is 5.41. The van der Waals surface area contributed by atoms with Gasteiger partial charge in [0.2, 0.25) is 0 Å². The Morgan fingerprint density at radius 2 is 2.14 bits per heavy atom. The highest BCUT2D eigenvalue weighted by Gasteiger charge is 2.43. The summed E-state index contributed by atoms with van der Waals surface area (Å²) in [5.41, 5.74) is 1.21. The van der Waals surface area contributed by atoms with Gasteiger partial charge in [0.25, 0.3) is 0 Å². The smallest absolute Gasteiger partial charge is 0.127 e. The van der Waals surface area contributed by atoms with Crippen LogP contribution in [-0.2, 0) is 6.54 Å². The molecule has 21 heavy (non-hydrogen) atoms. The number of rotatable bonds is 8. The van der Waals surface area contributed by atoms with Crippen LogP contribution in [0.15, 0.2) is 18.2 Å². The molecule has 114 valence electrons. The van der Waals surface area contributed by atoms with Crippen molar-refractivity contribution in [2.45, 2.75) is 45.7 Å². The summed E-state index contributed by atoms with van der Waals surface area (Å²) >= 11 is 0. The summed E-state index contributed by atoms with van der Waals surface area (Å²) in [7, 11) is 1.66. The quantitative estimate of drug-likeness (QED) is 0.797. The maximum Gasteiger partial charge on any atom is 0.127 e. The van der Waals surface area contributed by atoms with Gasteiger partial charge in [-0.15, -0.1) is 0 Å². The zero-order valence-electron chi connectivity index (χ0n) is 13.1. The third-order valence-electron chi connectivity index (χ3n) is 3.92. The van der Waals surface area contributed by atoms with Crippen molar-refractivity contribution in [1.82, 2.24) is 5.32 Å². The summed E-state index contributed by atoms with van der Waals surface area (Å²) in [6.07, 6.45) is 2.75. The van der Waals surface area contributed by atoms with Crippen LogP contribution in [0.2, 0.25) is 0 Å². The summed E-state index contributed by atoms with van der Waals surface area (Å²) in [6, 6.07) is 8.61. The molecule has 0 spiro atoms. The molecular weight excluding hydrogens is 264 g/mol. The molecule has 0 radical (unpaired) electrons. The van der Waals surface area contributed by atoms with Crippen LogP contribution in [0.5, 0.6) is 11.5 Å². The first-order chi connectivity index (χ1) is 10.1. The van der Waals surface area contributed by atoms with E-state index >= 15 is 0 Å². The first-order valence-corrected chi connectivity index (χ1v) is 7.49. The van der Waals surface area contributed by atoms with Crippen molar-refractivity contribution < 1.29 is 9.47 Å². The van der Waals surface area contributed by atoms with Crippen molar-refractivity contribution in [3.63, 3.8) is 0 Å². The minimum Gasteiger partial charge on any atom is -0.497 e. The molecule has 1 aliphatic rings. The lowest BCUT2D eigenvalue weighted by molar-refractivity contribution is 0.233. The van der Waals surface area contributed by atoms with E-state index in [0.29, 0.717) is 19.1 Å². The van der Waals surface area contributed by atoms with E-state index in [2.05, 4.69) is 25.2 Å². The maximum atomic E-state index is 8.89. The van der Waals surface area contributed by atoms with Gasteiger partial charge in [-0.1, -0.05) is 19.9 Å². The second-order valence-corrected chi connectivity index (χ2v) is 6.13. The van der Waals surface area contributed by atoms with Gasteiger partial charge in [-0.25, -0.2) is 0 Å². The average molecular weight is 288 g/mol. The molecule has 0 aliphatic heterocycles. The highest BCUT2D eigenvalue weighted by atomic mass is 16.5. The zero-order chi connectivity index (χ0) is 15.3. The van der Waals surface area contributed by atoms with Crippen molar-refractivity contribution in [2.75, 3.05) is 13.7 Å². The topological polar surface area (TPSA) is 54.3 Å². The monoisotopic (exact) mass is 288 g/mol. The van der Waals surface area contributed by atoms with Crippen LogP contribution >= 0.6 is 0 Å². The van der Waals surface area contributed by atoms with Crippen molar-refractivity contribution >= 4 is 0 Å². The van der Waals surface area contributed by atoms with Gasteiger partial charge in [0.1, 0.15) is 11.5 Å². The Morgan fingerprint density at radius 1 is 1.38 bits per heavy atom. The lowest BCUT2D eigenvalue weighted by Crippen LogP contribution is -2.22.